The molecule has 0 amide bonds. The Morgan fingerprint density at radius 2 is 0.895 bits per heavy atom. The van der Waals surface area contributed by atoms with Gasteiger partial charge in [0.25, 0.3) is 0 Å². The maximum absolute atomic E-state index is 12.2. The van der Waals surface area contributed by atoms with E-state index in [4.69, 9.17) is 0 Å². The summed E-state index contributed by atoms with van der Waals surface area (Å²) >= 11 is 0. The summed E-state index contributed by atoms with van der Waals surface area (Å²) in [7, 11) is 0. The molecule has 2 atom stereocenters. The normalized spacial score (nSPS) is 17.1. The second kappa shape index (κ2) is 6.62. The fourth-order valence-corrected chi connectivity index (χ4v) is 1.05. The summed E-state index contributed by atoms with van der Waals surface area (Å²) in [5.74, 6) is 0. The first-order valence-electron chi connectivity index (χ1n) is 4.69. The lowest BCUT2D eigenvalue weighted by molar-refractivity contribution is -0.295. The Morgan fingerprint density at radius 3 is 1.05 bits per heavy atom. The molecule has 0 N–H and O–H groups in total. The van der Waals surface area contributed by atoms with Crippen molar-refractivity contribution in [2.75, 3.05) is 0 Å². The van der Waals surface area contributed by atoms with Crippen LogP contribution in [0.1, 0.15) is 12.8 Å². The van der Waals surface area contributed by atoms with Crippen LogP contribution in [-0.2, 0) is 4.74 Å². The van der Waals surface area contributed by atoms with Crippen LogP contribution in [-0.4, -0.2) is 37.4 Å². The van der Waals surface area contributed by atoms with Crippen molar-refractivity contribution in [3.63, 3.8) is 0 Å². The van der Waals surface area contributed by atoms with Gasteiger partial charge in [0.05, 0.1) is 0 Å². The minimum atomic E-state index is -5.51. The summed E-state index contributed by atoms with van der Waals surface area (Å²) in [5.41, 5.74) is 0. The lowest BCUT2D eigenvalue weighted by Crippen LogP contribution is -2.43. The minimum Gasteiger partial charge on any atom is -0.356 e. The van der Waals surface area contributed by atoms with Crippen LogP contribution >= 0.6 is 0 Å². The molecule has 0 aliphatic rings. The SMILES string of the molecule is FC(F)CC(OC(CC(F)F)C(F)(F)F)C(F)(F)F. The molecular weight excluding hydrogens is 302 g/mol. The predicted octanol–water partition coefficient (Wildman–Crippen LogP) is 4.18. The number of alkyl halides is 10. The van der Waals surface area contributed by atoms with E-state index >= 15 is 0 Å². The summed E-state index contributed by atoms with van der Waals surface area (Å²) < 4.78 is 124. The zero-order valence-corrected chi connectivity index (χ0v) is 8.91. The van der Waals surface area contributed by atoms with E-state index < -0.39 is 50.3 Å². The van der Waals surface area contributed by atoms with Gasteiger partial charge in [-0.3, -0.25) is 0 Å². The maximum atomic E-state index is 12.2. The molecule has 0 rings (SSSR count). The van der Waals surface area contributed by atoms with Crippen LogP contribution in [0.5, 0.6) is 0 Å². The van der Waals surface area contributed by atoms with Crippen LogP contribution in [0.3, 0.4) is 0 Å². The molecule has 0 radical (unpaired) electrons. The van der Waals surface area contributed by atoms with E-state index in [0.717, 1.165) is 0 Å². The second-order valence-corrected chi connectivity index (χ2v) is 3.45. The molecule has 2 unspecified atom stereocenters. The topological polar surface area (TPSA) is 9.23 Å². The summed E-state index contributed by atoms with van der Waals surface area (Å²) in [6.07, 6.45) is -29.2. The van der Waals surface area contributed by atoms with Gasteiger partial charge >= 0.3 is 12.4 Å². The molecule has 0 aliphatic carbocycles. The van der Waals surface area contributed by atoms with Crippen molar-refractivity contribution >= 4 is 0 Å². The summed E-state index contributed by atoms with van der Waals surface area (Å²) in [5, 5.41) is 0. The highest BCUT2D eigenvalue weighted by molar-refractivity contribution is 4.76. The van der Waals surface area contributed by atoms with Crippen molar-refractivity contribution in [3.8, 4) is 0 Å². The average Bonchev–Trinajstić information content (AvgIpc) is 2.10. The quantitative estimate of drug-likeness (QED) is 0.669. The monoisotopic (exact) mass is 310 g/mol. The Hall–Kier alpha value is -0.740. The molecule has 19 heavy (non-hydrogen) atoms. The number of halogens is 10. The first-order chi connectivity index (χ1) is 8.34. The van der Waals surface area contributed by atoms with Gasteiger partial charge in [-0.2, -0.15) is 26.3 Å². The molecule has 1 nitrogen and oxygen atoms in total. The van der Waals surface area contributed by atoms with Crippen LogP contribution in [0, 0.1) is 0 Å². The molecule has 0 bridgehead atoms. The molecule has 0 spiro atoms. The zero-order chi connectivity index (χ0) is 15.4. The molecule has 0 aliphatic heterocycles. The predicted molar refractivity (Wildman–Crippen MR) is 42.0 cm³/mol. The van der Waals surface area contributed by atoms with Crippen LogP contribution < -0.4 is 0 Å². The highest BCUT2D eigenvalue weighted by Crippen LogP contribution is 2.34. The van der Waals surface area contributed by atoms with Gasteiger partial charge in [-0.05, 0) is 0 Å². The highest BCUT2D eigenvalue weighted by Gasteiger charge is 2.50. The van der Waals surface area contributed by atoms with Crippen molar-refractivity contribution in [2.24, 2.45) is 0 Å². The van der Waals surface area contributed by atoms with Crippen molar-refractivity contribution in [2.45, 2.75) is 50.3 Å². The summed E-state index contributed by atoms with van der Waals surface area (Å²) in [6.45, 7) is 0. The van der Waals surface area contributed by atoms with E-state index in [9.17, 15) is 43.9 Å². The van der Waals surface area contributed by atoms with Gasteiger partial charge in [0.1, 0.15) is 0 Å². The second-order valence-electron chi connectivity index (χ2n) is 3.45. The molecular formula is C8H8F10O. The smallest absolute Gasteiger partial charge is 0.356 e. The summed E-state index contributed by atoms with van der Waals surface area (Å²) in [6, 6.07) is 0. The van der Waals surface area contributed by atoms with Crippen molar-refractivity contribution in [1.29, 1.82) is 0 Å². The molecule has 0 aromatic rings. The molecule has 0 fully saturated rings. The summed E-state index contributed by atoms with van der Waals surface area (Å²) in [4.78, 5) is 0. The van der Waals surface area contributed by atoms with Crippen LogP contribution in [0.15, 0.2) is 0 Å². The first kappa shape index (κ1) is 18.3. The molecule has 0 heterocycles. The largest absolute Gasteiger partial charge is 0.414 e. The average molecular weight is 310 g/mol. The van der Waals surface area contributed by atoms with Crippen LogP contribution in [0.2, 0.25) is 0 Å². The number of ether oxygens (including phenoxy) is 1. The first-order valence-corrected chi connectivity index (χ1v) is 4.69. The maximum Gasteiger partial charge on any atom is 0.414 e. The Morgan fingerprint density at radius 1 is 0.632 bits per heavy atom. The van der Waals surface area contributed by atoms with E-state index in [1.807, 2.05) is 0 Å². The van der Waals surface area contributed by atoms with E-state index in [0.29, 0.717) is 0 Å². The number of hydrogen-bond acceptors (Lipinski definition) is 1. The Bertz CT molecular complexity index is 231. The van der Waals surface area contributed by atoms with E-state index in [1.54, 1.807) is 0 Å². The molecule has 0 saturated heterocycles. The van der Waals surface area contributed by atoms with Gasteiger partial charge in [0.2, 0.25) is 12.9 Å². The van der Waals surface area contributed by atoms with Gasteiger partial charge in [0.15, 0.2) is 12.2 Å². The lowest BCUT2D eigenvalue weighted by atomic mass is 10.2. The van der Waals surface area contributed by atoms with Gasteiger partial charge in [-0.1, -0.05) is 0 Å². The minimum absolute atomic E-state index is 2.06. The van der Waals surface area contributed by atoms with Gasteiger partial charge in [-0.25, -0.2) is 17.6 Å². The number of hydrogen-bond donors (Lipinski definition) is 0. The standard InChI is InChI=1S/C8H8F10O/c9-5(10)1-3(7(13,14)15)19-4(2-6(11)12)8(16,17)18/h3-6H,1-2H2. The van der Waals surface area contributed by atoms with Crippen molar-refractivity contribution < 1.29 is 48.6 Å². The third kappa shape index (κ3) is 7.43. The highest BCUT2D eigenvalue weighted by atomic mass is 19.4. The van der Waals surface area contributed by atoms with Crippen LogP contribution in [0.25, 0.3) is 0 Å². The fourth-order valence-electron chi connectivity index (χ4n) is 1.05. The zero-order valence-electron chi connectivity index (χ0n) is 8.91. The molecule has 0 aromatic heterocycles. The lowest BCUT2D eigenvalue weighted by Gasteiger charge is -2.27. The van der Waals surface area contributed by atoms with E-state index in [1.165, 1.54) is 0 Å². The third-order valence-corrected chi connectivity index (χ3v) is 1.84. The Balaban J connectivity index is 4.93. The van der Waals surface area contributed by atoms with Gasteiger partial charge in [0, 0.05) is 12.8 Å². The molecule has 0 saturated carbocycles. The van der Waals surface area contributed by atoms with Gasteiger partial charge < -0.3 is 4.74 Å². The van der Waals surface area contributed by atoms with Crippen molar-refractivity contribution in [3.05, 3.63) is 0 Å². The van der Waals surface area contributed by atoms with E-state index in [2.05, 4.69) is 4.74 Å². The molecule has 11 heteroatoms. The molecule has 116 valence electrons. The fraction of sp³-hybridized carbons (Fsp3) is 1.00. The molecule has 0 aromatic carbocycles. The van der Waals surface area contributed by atoms with Gasteiger partial charge in [-0.15, -0.1) is 0 Å². The Kier molecular flexibility index (Phi) is 6.36. The van der Waals surface area contributed by atoms with Crippen molar-refractivity contribution in [1.82, 2.24) is 0 Å². The van der Waals surface area contributed by atoms with Crippen LogP contribution in [0.4, 0.5) is 43.9 Å². The van der Waals surface area contributed by atoms with E-state index in [-0.39, 0.29) is 0 Å². The number of rotatable bonds is 6. The third-order valence-electron chi connectivity index (χ3n) is 1.84. The Labute approximate surface area is 100 Å².